The summed E-state index contributed by atoms with van der Waals surface area (Å²) in [7, 11) is 0. The second-order valence-corrected chi connectivity index (χ2v) is 5.12. The van der Waals surface area contributed by atoms with Gasteiger partial charge in [0.2, 0.25) is 5.91 Å². The zero-order valence-corrected chi connectivity index (χ0v) is 12.5. The number of amides is 1. The zero-order valence-electron chi connectivity index (χ0n) is 11.7. The van der Waals surface area contributed by atoms with Crippen LogP contribution in [0.1, 0.15) is 37.3 Å². The van der Waals surface area contributed by atoms with Crippen molar-refractivity contribution in [2.45, 2.75) is 45.6 Å². The van der Waals surface area contributed by atoms with E-state index in [1.807, 2.05) is 4.90 Å². The Morgan fingerprint density at radius 2 is 2.21 bits per heavy atom. The molecular weight excluding hydrogens is 260 g/mol. The van der Waals surface area contributed by atoms with Crippen LogP contribution in [0.5, 0.6) is 0 Å². The van der Waals surface area contributed by atoms with E-state index in [2.05, 4.69) is 32.0 Å². The average Bonchev–Trinajstić information content (AvgIpc) is 2.37. The van der Waals surface area contributed by atoms with Crippen LogP contribution < -0.4 is 10.6 Å². The molecule has 0 aliphatic carbocycles. The molecule has 1 aliphatic heterocycles. The van der Waals surface area contributed by atoms with Crippen LogP contribution >= 0.6 is 12.4 Å². The highest BCUT2D eigenvalue weighted by Crippen LogP contribution is 2.28. The summed E-state index contributed by atoms with van der Waals surface area (Å²) in [5, 5.41) is 0. The highest BCUT2D eigenvalue weighted by atomic mass is 35.5. The minimum absolute atomic E-state index is 0. The number of nitrogens with two attached hydrogens (primary N) is 1. The quantitative estimate of drug-likeness (QED) is 0.927. The molecule has 0 saturated carbocycles. The van der Waals surface area contributed by atoms with Gasteiger partial charge in [0.05, 0.1) is 6.04 Å². The number of nitrogens with zero attached hydrogens (tertiary/aromatic N) is 1. The molecule has 1 heterocycles. The predicted molar refractivity (Wildman–Crippen MR) is 82.0 cm³/mol. The van der Waals surface area contributed by atoms with Crippen LogP contribution in [-0.4, -0.2) is 18.5 Å². The van der Waals surface area contributed by atoms with Crippen molar-refractivity contribution in [2.75, 3.05) is 11.4 Å². The maximum atomic E-state index is 12.3. The molecule has 0 aromatic heterocycles. The van der Waals surface area contributed by atoms with Gasteiger partial charge in [-0.25, -0.2) is 0 Å². The average molecular weight is 283 g/mol. The summed E-state index contributed by atoms with van der Waals surface area (Å²) in [5.41, 5.74) is 9.54. The van der Waals surface area contributed by atoms with E-state index in [9.17, 15) is 4.79 Å². The van der Waals surface area contributed by atoms with Gasteiger partial charge in [0.25, 0.3) is 0 Å². The van der Waals surface area contributed by atoms with Crippen molar-refractivity contribution < 1.29 is 4.79 Å². The second-order valence-electron chi connectivity index (χ2n) is 5.12. The molecule has 1 unspecified atom stereocenters. The molecule has 1 aromatic rings. The van der Waals surface area contributed by atoms with E-state index in [4.69, 9.17) is 5.73 Å². The normalized spacial score (nSPS) is 15.4. The Labute approximate surface area is 121 Å². The number of hydrogen-bond acceptors (Lipinski definition) is 2. The second kappa shape index (κ2) is 6.92. The summed E-state index contributed by atoms with van der Waals surface area (Å²) >= 11 is 0. The summed E-state index contributed by atoms with van der Waals surface area (Å²) in [6.07, 6.45) is 3.79. The van der Waals surface area contributed by atoms with Gasteiger partial charge < -0.3 is 10.6 Å². The van der Waals surface area contributed by atoms with Crippen LogP contribution in [-0.2, 0) is 11.2 Å². The van der Waals surface area contributed by atoms with E-state index in [0.29, 0.717) is 0 Å². The van der Waals surface area contributed by atoms with E-state index in [0.717, 1.165) is 37.9 Å². The van der Waals surface area contributed by atoms with Gasteiger partial charge in [-0.05, 0) is 37.8 Å². The number of fused-ring (bicyclic) bond motifs is 1. The molecule has 1 amide bonds. The molecule has 1 atom stereocenters. The lowest BCUT2D eigenvalue weighted by Crippen LogP contribution is -2.46. The van der Waals surface area contributed by atoms with Crippen LogP contribution in [0.4, 0.5) is 5.69 Å². The van der Waals surface area contributed by atoms with Crippen molar-refractivity contribution in [2.24, 2.45) is 5.73 Å². The summed E-state index contributed by atoms with van der Waals surface area (Å²) in [5.74, 6) is 0.0710. The molecule has 1 aromatic carbocycles. The summed E-state index contributed by atoms with van der Waals surface area (Å²) in [4.78, 5) is 14.2. The van der Waals surface area contributed by atoms with E-state index in [-0.39, 0.29) is 24.4 Å². The molecular formula is C15H23ClN2O. The number of anilines is 1. The van der Waals surface area contributed by atoms with Gasteiger partial charge in [0.15, 0.2) is 0 Å². The predicted octanol–water partition coefficient (Wildman–Crippen LogP) is 2.82. The molecule has 19 heavy (non-hydrogen) atoms. The first-order valence-corrected chi connectivity index (χ1v) is 6.80. The first kappa shape index (κ1) is 16.0. The minimum atomic E-state index is -0.359. The lowest BCUT2D eigenvalue weighted by Gasteiger charge is -2.31. The SMILES string of the molecule is CCCC(N)C(=O)N1CCCc2cc(C)ccc21.Cl. The molecule has 0 saturated heterocycles. The number of benzene rings is 1. The minimum Gasteiger partial charge on any atom is -0.320 e. The third-order valence-corrected chi connectivity index (χ3v) is 3.54. The van der Waals surface area contributed by atoms with Crippen LogP contribution in [0, 0.1) is 6.92 Å². The van der Waals surface area contributed by atoms with E-state index >= 15 is 0 Å². The number of halogens is 1. The molecule has 106 valence electrons. The Bertz CT molecular complexity index is 448. The van der Waals surface area contributed by atoms with Gasteiger partial charge in [-0.1, -0.05) is 31.0 Å². The van der Waals surface area contributed by atoms with Crippen molar-refractivity contribution in [1.29, 1.82) is 0 Å². The highest BCUT2D eigenvalue weighted by Gasteiger charge is 2.25. The summed E-state index contributed by atoms with van der Waals surface area (Å²) in [6, 6.07) is 5.94. The third kappa shape index (κ3) is 3.48. The topological polar surface area (TPSA) is 46.3 Å². The Morgan fingerprint density at radius 3 is 2.89 bits per heavy atom. The standard InChI is InChI=1S/C15H22N2O.ClH/c1-3-5-13(16)15(18)17-9-4-6-12-10-11(2)7-8-14(12)17;/h7-8,10,13H,3-6,9,16H2,1-2H3;1H. The number of aryl methyl sites for hydroxylation is 2. The van der Waals surface area contributed by atoms with Crippen molar-refractivity contribution >= 4 is 24.0 Å². The Kier molecular flexibility index (Phi) is 5.83. The van der Waals surface area contributed by atoms with E-state index < -0.39 is 0 Å². The van der Waals surface area contributed by atoms with Gasteiger partial charge in [0.1, 0.15) is 0 Å². The molecule has 2 rings (SSSR count). The largest absolute Gasteiger partial charge is 0.320 e. The maximum Gasteiger partial charge on any atom is 0.243 e. The Morgan fingerprint density at radius 1 is 1.47 bits per heavy atom. The van der Waals surface area contributed by atoms with Gasteiger partial charge in [-0.15, -0.1) is 12.4 Å². The van der Waals surface area contributed by atoms with E-state index in [1.165, 1.54) is 11.1 Å². The van der Waals surface area contributed by atoms with Gasteiger partial charge >= 0.3 is 0 Å². The van der Waals surface area contributed by atoms with Crippen molar-refractivity contribution in [3.8, 4) is 0 Å². The monoisotopic (exact) mass is 282 g/mol. The summed E-state index contributed by atoms with van der Waals surface area (Å²) < 4.78 is 0. The third-order valence-electron chi connectivity index (χ3n) is 3.54. The lowest BCUT2D eigenvalue weighted by atomic mass is 9.98. The molecule has 3 nitrogen and oxygen atoms in total. The fourth-order valence-corrected chi connectivity index (χ4v) is 2.59. The Hall–Kier alpha value is -1.06. The molecule has 1 aliphatic rings. The molecule has 0 fully saturated rings. The molecule has 0 bridgehead atoms. The molecule has 2 N–H and O–H groups in total. The fourth-order valence-electron chi connectivity index (χ4n) is 2.59. The number of hydrogen-bond donors (Lipinski definition) is 1. The van der Waals surface area contributed by atoms with Crippen molar-refractivity contribution in [3.05, 3.63) is 29.3 Å². The van der Waals surface area contributed by atoms with Gasteiger partial charge in [-0.3, -0.25) is 4.79 Å². The van der Waals surface area contributed by atoms with Gasteiger partial charge in [0, 0.05) is 12.2 Å². The summed E-state index contributed by atoms with van der Waals surface area (Å²) in [6.45, 7) is 4.94. The maximum absolute atomic E-state index is 12.3. The smallest absolute Gasteiger partial charge is 0.243 e. The first-order chi connectivity index (χ1) is 8.63. The van der Waals surface area contributed by atoms with Gasteiger partial charge in [-0.2, -0.15) is 0 Å². The zero-order chi connectivity index (χ0) is 13.1. The molecule has 0 radical (unpaired) electrons. The Balaban J connectivity index is 0.00000180. The first-order valence-electron chi connectivity index (χ1n) is 6.80. The van der Waals surface area contributed by atoms with E-state index in [1.54, 1.807) is 0 Å². The highest BCUT2D eigenvalue weighted by molar-refractivity contribution is 5.98. The molecule has 0 spiro atoms. The molecule has 4 heteroatoms. The number of rotatable bonds is 3. The van der Waals surface area contributed by atoms with Crippen LogP contribution in [0.25, 0.3) is 0 Å². The fraction of sp³-hybridized carbons (Fsp3) is 0.533. The van der Waals surface area contributed by atoms with Crippen molar-refractivity contribution in [3.63, 3.8) is 0 Å². The number of carbonyl (C=O) groups is 1. The van der Waals surface area contributed by atoms with Crippen LogP contribution in [0.3, 0.4) is 0 Å². The lowest BCUT2D eigenvalue weighted by molar-refractivity contribution is -0.120. The van der Waals surface area contributed by atoms with Crippen molar-refractivity contribution in [1.82, 2.24) is 0 Å². The van der Waals surface area contributed by atoms with Crippen LogP contribution in [0.2, 0.25) is 0 Å². The number of carbonyl (C=O) groups excluding carboxylic acids is 1. The van der Waals surface area contributed by atoms with Crippen LogP contribution in [0.15, 0.2) is 18.2 Å².